The average molecular weight is 430 g/mol. The maximum atomic E-state index is 13.0. The molecule has 31 heavy (non-hydrogen) atoms. The van der Waals surface area contributed by atoms with Crippen LogP contribution in [-0.2, 0) is 9.59 Å². The van der Waals surface area contributed by atoms with E-state index in [1.165, 1.54) is 0 Å². The highest BCUT2D eigenvalue weighted by atomic mass is 16.2. The minimum absolute atomic E-state index is 0.00324. The Bertz CT molecular complexity index is 776. The van der Waals surface area contributed by atoms with Crippen LogP contribution in [0.4, 0.5) is 0 Å². The molecule has 1 heterocycles. The van der Waals surface area contributed by atoms with E-state index in [0.29, 0.717) is 37.9 Å². The summed E-state index contributed by atoms with van der Waals surface area (Å²) >= 11 is 0. The molecule has 0 spiro atoms. The number of nitrogens with zero attached hydrogens (tertiary/aromatic N) is 1. The zero-order valence-electron chi connectivity index (χ0n) is 20.0. The van der Waals surface area contributed by atoms with Gasteiger partial charge in [0.25, 0.3) is 5.91 Å². The van der Waals surface area contributed by atoms with Crippen molar-refractivity contribution in [2.45, 2.75) is 79.3 Å². The van der Waals surface area contributed by atoms with E-state index in [4.69, 9.17) is 0 Å². The van der Waals surface area contributed by atoms with Crippen LogP contribution in [0, 0.1) is 18.3 Å². The molecule has 0 unspecified atom stereocenters. The lowest BCUT2D eigenvalue weighted by atomic mass is 9.87. The molecule has 1 aromatic rings. The van der Waals surface area contributed by atoms with Gasteiger partial charge in [0, 0.05) is 31.1 Å². The number of aryl methyl sites for hydroxylation is 1. The molecule has 1 aromatic carbocycles. The molecule has 2 N–H and O–H groups in total. The van der Waals surface area contributed by atoms with Crippen LogP contribution in [-0.4, -0.2) is 47.8 Å². The van der Waals surface area contributed by atoms with Crippen LogP contribution in [0.5, 0.6) is 0 Å². The summed E-state index contributed by atoms with van der Waals surface area (Å²) in [6.45, 7) is 13.3. The number of hydrogen-bond acceptors (Lipinski definition) is 3. The first-order chi connectivity index (χ1) is 14.5. The highest BCUT2D eigenvalue weighted by Gasteiger charge is 2.35. The molecule has 0 aromatic heterocycles. The summed E-state index contributed by atoms with van der Waals surface area (Å²) < 4.78 is 0. The van der Waals surface area contributed by atoms with Gasteiger partial charge in [-0.25, -0.2) is 0 Å². The van der Waals surface area contributed by atoms with Crippen molar-refractivity contribution >= 4 is 17.7 Å². The van der Waals surface area contributed by atoms with Gasteiger partial charge in [-0.2, -0.15) is 0 Å². The van der Waals surface area contributed by atoms with Crippen LogP contribution in [0.3, 0.4) is 0 Å². The van der Waals surface area contributed by atoms with Crippen LogP contribution < -0.4 is 10.6 Å². The van der Waals surface area contributed by atoms with Crippen LogP contribution >= 0.6 is 0 Å². The van der Waals surface area contributed by atoms with Gasteiger partial charge in [-0.1, -0.05) is 45.4 Å². The number of piperidine rings is 1. The molecule has 172 valence electrons. The van der Waals surface area contributed by atoms with Gasteiger partial charge in [0.15, 0.2) is 0 Å². The minimum Gasteiger partial charge on any atom is -0.352 e. The van der Waals surface area contributed by atoms with Gasteiger partial charge in [0.2, 0.25) is 11.8 Å². The highest BCUT2D eigenvalue weighted by molar-refractivity contribution is 5.97. The summed E-state index contributed by atoms with van der Waals surface area (Å²) in [5, 5.41) is 6.01. The Balaban J connectivity index is 2.09. The van der Waals surface area contributed by atoms with Crippen molar-refractivity contribution in [3.05, 3.63) is 35.4 Å². The number of carbonyl (C=O) groups excluding carboxylic acids is 3. The SMILES string of the molecule is CC[C@@H](C)NC(=O)[C@H](NC(=O)c1cccc(C)c1)C1CCN(C(=O)CC(C)(C)C)CC1. The van der Waals surface area contributed by atoms with Gasteiger partial charge >= 0.3 is 0 Å². The largest absolute Gasteiger partial charge is 0.352 e. The maximum absolute atomic E-state index is 13.0. The van der Waals surface area contributed by atoms with E-state index < -0.39 is 6.04 Å². The lowest BCUT2D eigenvalue weighted by Gasteiger charge is -2.37. The zero-order valence-corrected chi connectivity index (χ0v) is 20.0. The van der Waals surface area contributed by atoms with E-state index in [1.54, 1.807) is 6.07 Å². The van der Waals surface area contributed by atoms with E-state index >= 15 is 0 Å². The second-order valence-electron chi connectivity index (χ2n) is 10.1. The smallest absolute Gasteiger partial charge is 0.251 e. The molecule has 0 saturated carbocycles. The zero-order chi connectivity index (χ0) is 23.2. The fraction of sp³-hybridized carbons (Fsp3) is 0.640. The second-order valence-corrected chi connectivity index (χ2v) is 10.1. The monoisotopic (exact) mass is 429 g/mol. The first-order valence-electron chi connectivity index (χ1n) is 11.5. The molecule has 1 saturated heterocycles. The Morgan fingerprint density at radius 2 is 1.77 bits per heavy atom. The summed E-state index contributed by atoms with van der Waals surface area (Å²) in [5.41, 5.74) is 1.51. The number of amides is 3. The van der Waals surface area contributed by atoms with Crippen molar-refractivity contribution in [1.29, 1.82) is 0 Å². The fourth-order valence-corrected chi connectivity index (χ4v) is 3.89. The molecule has 1 fully saturated rings. The molecule has 0 bridgehead atoms. The van der Waals surface area contributed by atoms with Crippen LogP contribution in [0.2, 0.25) is 0 Å². The summed E-state index contributed by atoms with van der Waals surface area (Å²) in [5.74, 6) is -0.221. The molecular weight excluding hydrogens is 390 g/mol. The Labute approximate surface area is 187 Å². The molecule has 1 aliphatic rings. The predicted molar refractivity (Wildman–Crippen MR) is 124 cm³/mol. The van der Waals surface area contributed by atoms with Crippen molar-refractivity contribution in [1.82, 2.24) is 15.5 Å². The van der Waals surface area contributed by atoms with Gasteiger partial charge in [-0.15, -0.1) is 0 Å². The van der Waals surface area contributed by atoms with E-state index in [0.717, 1.165) is 12.0 Å². The molecule has 1 aliphatic heterocycles. The van der Waals surface area contributed by atoms with Crippen molar-refractivity contribution in [3.63, 3.8) is 0 Å². The number of carbonyl (C=O) groups is 3. The molecule has 6 nitrogen and oxygen atoms in total. The number of benzene rings is 1. The molecule has 6 heteroatoms. The van der Waals surface area contributed by atoms with Gasteiger partial charge < -0.3 is 15.5 Å². The van der Waals surface area contributed by atoms with Crippen LogP contribution in [0.15, 0.2) is 24.3 Å². The third kappa shape index (κ3) is 7.67. The Hall–Kier alpha value is -2.37. The first-order valence-corrected chi connectivity index (χ1v) is 11.5. The fourth-order valence-electron chi connectivity index (χ4n) is 3.89. The van der Waals surface area contributed by atoms with E-state index in [1.807, 2.05) is 43.9 Å². The molecule has 2 rings (SSSR count). The Morgan fingerprint density at radius 3 is 2.32 bits per heavy atom. The predicted octanol–water partition coefficient (Wildman–Crippen LogP) is 3.68. The number of nitrogens with one attached hydrogen (secondary N) is 2. The van der Waals surface area contributed by atoms with Crippen LogP contribution in [0.1, 0.15) is 76.2 Å². The summed E-state index contributed by atoms with van der Waals surface area (Å²) in [6.07, 6.45) is 2.73. The molecule has 0 aliphatic carbocycles. The van der Waals surface area contributed by atoms with Gasteiger partial charge in [0.1, 0.15) is 6.04 Å². The lowest BCUT2D eigenvalue weighted by Crippen LogP contribution is -2.55. The number of rotatable bonds is 7. The standard InChI is InChI=1S/C25H39N3O3/c1-7-18(3)26-24(31)22(27-23(30)20-10-8-9-17(2)15-20)19-11-13-28(14-12-19)21(29)16-25(4,5)6/h8-10,15,18-19,22H,7,11-14,16H2,1-6H3,(H,26,31)(H,27,30)/t18-,22-/m1/s1. The van der Waals surface area contributed by atoms with E-state index in [9.17, 15) is 14.4 Å². The lowest BCUT2D eigenvalue weighted by molar-refractivity contribution is -0.134. The summed E-state index contributed by atoms with van der Waals surface area (Å²) in [6, 6.07) is 6.81. The third-order valence-electron chi connectivity index (χ3n) is 5.90. The maximum Gasteiger partial charge on any atom is 0.251 e. The normalized spacial score (nSPS) is 17.0. The average Bonchev–Trinajstić information content (AvgIpc) is 2.70. The molecular formula is C25H39N3O3. The van der Waals surface area contributed by atoms with Gasteiger partial charge in [-0.3, -0.25) is 14.4 Å². The molecule has 2 atom stereocenters. The third-order valence-corrected chi connectivity index (χ3v) is 5.90. The second kappa shape index (κ2) is 10.8. The Kier molecular flexibility index (Phi) is 8.66. The summed E-state index contributed by atoms with van der Waals surface area (Å²) in [7, 11) is 0. The molecule has 0 radical (unpaired) electrons. The highest BCUT2D eigenvalue weighted by Crippen LogP contribution is 2.25. The molecule has 3 amide bonds. The first kappa shape index (κ1) is 24.9. The topological polar surface area (TPSA) is 78.5 Å². The number of hydrogen-bond donors (Lipinski definition) is 2. The quantitative estimate of drug-likeness (QED) is 0.694. The van der Waals surface area contributed by atoms with Gasteiger partial charge in [0.05, 0.1) is 0 Å². The minimum atomic E-state index is -0.609. The number of likely N-dealkylation sites (tertiary alicyclic amines) is 1. The van der Waals surface area contributed by atoms with Crippen molar-refractivity contribution in [3.8, 4) is 0 Å². The van der Waals surface area contributed by atoms with Crippen molar-refractivity contribution in [2.75, 3.05) is 13.1 Å². The Morgan fingerprint density at radius 1 is 1.13 bits per heavy atom. The summed E-state index contributed by atoms with van der Waals surface area (Å²) in [4.78, 5) is 40.4. The van der Waals surface area contributed by atoms with E-state index in [2.05, 4.69) is 31.4 Å². The van der Waals surface area contributed by atoms with Gasteiger partial charge in [-0.05, 0) is 56.6 Å². The van der Waals surface area contributed by atoms with Crippen molar-refractivity contribution in [2.24, 2.45) is 11.3 Å². The van der Waals surface area contributed by atoms with Crippen LogP contribution in [0.25, 0.3) is 0 Å². The van der Waals surface area contributed by atoms with Crippen molar-refractivity contribution < 1.29 is 14.4 Å². The van der Waals surface area contributed by atoms with E-state index in [-0.39, 0.29) is 35.1 Å².